The Morgan fingerprint density at radius 1 is 1.33 bits per heavy atom. The van der Waals surface area contributed by atoms with Gasteiger partial charge in [0, 0.05) is 19.6 Å². The quantitative estimate of drug-likeness (QED) is 0.831. The third-order valence-corrected chi connectivity index (χ3v) is 6.01. The van der Waals surface area contributed by atoms with Gasteiger partial charge in [-0.25, -0.2) is 21.6 Å². The van der Waals surface area contributed by atoms with Crippen molar-refractivity contribution in [2.45, 2.75) is 45.3 Å². The first kappa shape index (κ1) is 18.7. The number of rotatable bonds is 4. The lowest BCUT2D eigenvalue weighted by Gasteiger charge is -2.36. The van der Waals surface area contributed by atoms with Crippen LogP contribution in [0.1, 0.15) is 33.7 Å². The first-order valence-electron chi connectivity index (χ1n) is 7.56. The van der Waals surface area contributed by atoms with Crippen molar-refractivity contribution in [1.82, 2.24) is 9.62 Å². The molecule has 1 saturated heterocycles. The van der Waals surface area contributed by atoms with Crippen LogP contribution >= 0.6 is 0 Å². The zero-order chi connectivity index (χ0) is 18.1. The minimum atomic E-state index is -3.53. The number of carbonyl (C=O) groups excluding carboxylic acids is 1. The van der Waals surface area contributed by atoms with Crippen LogP contribution in [-0.4, -0.2) is 36.5 Å². The van der Waals surface area contributed by atoms with Crippen molar-refractivity contribution >= 4 is 15.9 Å². The number of nitrogens with one attached hydrogen (secondary N) is 1. The summed E-state index contributed by atoms with van der Waals surface area (Å²) in [6.45, 7) is 2.97. The Morgan fingerprint density at radius 2 is 2.00 bits per heavy atom. The highest BCUT2D eigenvalue weighted by atomic mass is 32.2. The molecule has 136 valence electrons. The molecule has 0 saturated carbocycles. The molecule has 0 aliphatic carbocycles. The van der Waals surface area contributed by atoms with Crippen molar-refractivity contribution in [1.29, 1.82) is 0 Å². The van der Waals surface area contributed by atoms with Gasteiger partial charge in [0.1, 0.15) is 6.04 Å². The van der Waals surface area contributed by atoms with Gasteiger partial charge in [0.05, 0.1) is 5.75 Å². The fraction of sp³-hybridized carbons (Fsp3) is 0.533. The fourth-order valence-electron chi connectivity index (χ4n) is 2.82. The Bertz CT molecular complexity index is 744. The van der Waals surface area contributed by atoms with Crippen molar-refractivity contribution in [2.75, 3.05) is 5.75 Å². The summed E-state index contributed by atoms with van der Waals surface area (Å²) in [7, 11) is -3.53. The van der Waals surface area contributed by atoms with Crippen LogP contribution in [-0.2, 0) is 21.4 Å². The third-order valence-electron chi connectivity index (χ3n) is 3.89. The van der Waals surface area contributed by atoms with E-state index in [9.17, 15) is 26.4 Å². The zero-order valence-electron chi connectivity index (χ0n) is 13.4. The molecule has 24 heavy (non-hydrogen) atoms. The summed E-state index contributed by atoms with van der Waals surface area (Å²) >= 11 is 0. The number of amides is 1. The van der Waals surface area contributed by atoms with Gasteiger partial charge in [-0.3, -0.25) is 4.79 Å². The summed E-state index contributed by atoms with van der Waals surface area (Å²) in [5.41, 5.74) is -0.211. The average molecular weight is 366 g/mol. The number of hydrogen-bond donors (Lipinski definition) is 1. The van der Waals surface area contributed by atoms with E-state index < -0.39 is 45.5 Å². The summed E-state index contributed by atoms with van der Waals surface area (Å²) in [5.74, 6) is -4.90. The summed E-state index contributed by atoms with van der Waals surface area (Å²) in [4.78, 5) is 12.3. The molecule has 1 fully saturated rings. The lowest BCUT2D eigenvalue weighted by atomic mass is 10.1. The highest BCUT2D eigenvalue weighted by Gasteiger charge is 2.39. The van der Waals surface area contributed by atoms with Crippen molar-refractivity contribution in [2.24, 2.45) is 0 Å². The smallest absolute Gasteiger partial charge is 0.238 e. The number of nitrogens with zero attached hydrogens (tertiary/aromatic N) is 1. The molecule has 0 bridgehead atoms. The Labute approximate surface area is 140 Å². The minimum Gasteiger partial charge on any atom is -0.351 e. The molecule has 9 heteroatoms. The maximum Gasteiger partial charge on any atom is 0.238 e. The van der Waals surface area contributed by atoms with Crippen LogP contribution in [0.25, 0.3) is 0 Å². The molecule has 1 amide bonds. The van der Waals surface area contributed by atoms with Gasteiger partial charge in [0.25, 0.3) is 0 Å². The first-order chi connectivity index (χ1) is 11.1. The van der Waals surface area contributed by atoms with Crippen LogP contribution in [0.5, 0.6) is 0 Å². The van der Waals surface area contributed by atoms with Crippen LogP contribution in [0.2, 0.25) is 0 Å². The van der Waals surface area contributed by atoms with Crippen molar-refractivity contribution in [3.05, 3.63) is 35.1 Å². The van der Waals surface area contributed by atoms with Gasteiger partial charge in [0.15, 0.2) is 17.5 Å². The molecule has 1 aromatic carbocycles. The van der Waals surface area contributed by atoms with E-state index in [1.807, 2.05) is 0 Å². The van der Waals surface area contributed by atoms with Gasteiger partial charge >= 0.3 is 0 Å². The van der Waals surface area contributed by atoms with Crippen LogP contribution in [0, 0.1) is 17.5 Å². The van der Waals surface area contributed by atoms with E-state index >= 15 is 0 Å². The second kappa shape index (κ2) is 7.10. The summed E-state index contributed by atoms with van der Waals surface area (Å²) in [5, 5.41) is 2.40. The maximum absolute atomic E-state index is 13.6. The first-order valence-corrected chi connectivity index (χ1v) is 9.17. The van der Waals surface area contributed by atoms with Gasteiger partial charge in [-0.2, -0.15) is 4.31 Å². The minimum absolute atomic E-state index is 0. The van der Waals surface area contributed by atoms with Crippen molar-refractivity contribution in [3.8, 4) is 0 Å². The number of benzene rings is 1. The van der Waals surface area contributed by atoms with Gasteiger partial charge in [-0.15, -0.1) is 0 Å². The van der Waals surface area contributed by atoms with Gasteiger partial charge in [-0.1, -0.05) is 6.07 Å². The number of carbonyl (C=O) groups is 1. The van der Waals surface area contributed by atoms with Crippen molar-refractivity contribution < 1.29 is 27.8 Å². The average Bonchev–Trinajstić information content (AvgIpc) is 2.50. The van der Waals surface area contributed by atoms with E-state index in [1.54, 1.807) is 13.8 Å². The molecule has 1 aliphatic heterocycles. The Hall–Kier alpha value is -1.61. The largest absolute Gasteiger partial charge is 0.351 e. The molecule has 0 aromatic heterocycles. The molecule has 1 aromatic rings. The molecule has 2 rings (SSSR count). The van der Waals surface area contributed by atoms with E-state index in [4.69, 9.17) is 0 Å². The molecular formula is C15H21F3N2O3S. The highest BCUT2D eigenvalue weighted by Crippen LogP contribution is 2.24. The molecular weight excluding hydrogens is 345 g/mol. The molecule has 1 N–H and O–H groups in total. The Kier molecular flexibility index (Phi) is 5.54. The normalized spacial score (nSPS) is 21.0. The second-order valence-corrected chi connectivity index (χ2v) is 7.94. The lowest BCUT2D eigenvalue weighted by Crippen LogP contribution is -2.55. The molecule has 1 heterocycles. The van der Waals surface area contributed by atoms with Crippen LogP contribution < -0.4 is 5.32 Å². The summed E-state index contributed by atoms with van der Waals surface area (Å²) < 4.78 is 65.1. The standard InChI is InChI=1S/C15H19F3N2O3S.H2/c1-9(2)20-12(4-3-7-24(20,22)23)15(21)19-8-10-5-6-11(16)14(18)13(10)17;/h5-6,9,12H,3-4,7-8H2,1-2H3,(H,19,21);1H. The fourth-order valence-corrected chi connectivity index (χ4v) is 4.79. The molecule has 1 unspecified atom stereocenters. The van der Waals surface area contributed by atoms with Crippen molar-refractivity contribution in [3.63, 3.8) is 0 Å². The summed E-state index contributed by atoms with van der Waals surface area (Å²) in [6, 6.07) is 0.514. The maximum atomic E-state index is 13.6. The van der Waals surface area contributed by atoms with E-state index in [1.165, 1.54) is 0 Å². The number of sulfonamides is 1. The number of halogens is 3. The second-order valence-electron chi connectivity index (χ2n) is 5.95. The zero-order valence-corrected chi connectivity index (χ0v) is 14.2. The van der Waals surface area contributed by atoms with E-state index in [0.29, 0.717) is 12.8 Å². The van der Waals surface area contributed by atoms with Crippen LogP contribution in [0.3, 0.4) is 0 Å². The SMILES string of the molecule is CC(C)N1C(C(=O)NCc2ccc(F)c(F)c2F)CCCS1(=O)=O.[HH]. The van der Waals surface area contributed by atoms with Crippen LogP contribution in [0.4, 0.5) is 13.2 Å². The predicted molar refractivity (Wildman–Crippen MR) is 84.1 cm³/mol. The molecule has 0 radical (unpaired) electrons. The lowest BCUT2D eigenvalue weighted by molar-refractivity contribution is -0.125. The Morgan fingerprint density at radius 3 is 2.62 bits per heavy atom. The van der Waals surface area contributed by atoms with E-state index in [-0.39, 0.29) is 19.3 Å². The highest BCUT2D eigenvalue weighted by molar-refractivity contribution is 7.89. The Balaban J connectivity index is 0.00000312. The summed E-state index contributed by atoms with van der Waals surface area (Å²) in [6.07, 6.45) is 0.701. The van der Waals surface area contributed by atoms with Gasteiger partial charge < -0.3 is 5.32 Å². The third kappa shape index (κ3) is 3.72. The molecule has 1 atom stereocenters. The van der Waals surface area contributed by atoms with Gasteiger partial charge in [-0.05, 0) is 32.8 Å². The molecule has 0 spiro atoms. The van der Waals surface area contributed by atoms with Crippen LogP contribution in [0.15, 0.2) is 12.1 Å². The monoisotopic (exact) mass is 366 g/mol. The number of hydrogen-bond acceptors (Lipinski definition) is 3. The predicted octanol–water partition coefficient (Wildman–Crippen LogP) is 2.17. The van der Waals surface area contributed by atoms with E-state index in [2.05, 4.69) is 5.32 Å². The molecule has 5 nitrogen and oxygen atoms in total. The molecule has 1 aliphatic rings. The van der Waals surface area contributed by atoms with E-state index in [0.717, 1.165) is 16.4 Å². The van der Waals surface area contributed by atoms with Gasteiger partial charge in [0.2, 0.25) is 15.9 Å². The topological polar surface area (TPSA) is 66.5 Å².